The smallest absolute Gasteiger partial charge is 0.339 e. The van der Waals surface area contributed by atoms with E-state index in [0.29, 0.717) is 5.56 Å². The van der Waals surface area contributed by atoms with Crippen molar-refractivity contribution in [3.63, 3.8) is 0 Å². The summed E-state index contributed by atoms with van der Waals surface area (Å²) in [5, 5.41) is 9.43. The Morgan fingerprint density at radius 2 is 1.87 bits per heavy atom. The second kappa shape index (κ2) is 7.88. The quantitative estimate of drug-likeness (QED) is 0.475. The fraction of sp³-hybridized carbons (Fsp3) is 0.211. The van der Waals surface area contributed by atoms with Crippen molar-refractivity contribution >= 4 is 23.3 Å². The normalized spacial score (nSPS) is 11.3. The fourth-order valence-corrected chi connectivity index (χ4v) is 3.38. The number of hydrogen-bond acceptors (Lipinski definition) is 3. The third-order valence-corrected chi connectivity index (χ3v) is 4.78. The van der Waals surface area contributed by atoms with Gasteiger partial charge in [0.15, 0.2) is 0 Å². The van der Waals surface area contributed by atoms with Gasteiger partial charge < -0.3 is 9.84 Å². The van der Waals surface area contributed by atoms with E-state index in [9.17, 15) is 9.90 Å². The molecule has 4 heteroatoms. The van der Waals surface area contributed by atoms with Crippen LogP contribution in [0.15, 0.2) is 53.6 Å². The van der Waals surface area contributed by atoms with Gasteiger partial charge in [-0.05, 0) is 25.0 Å². The second-order valence-corrected chi connectivity index (χ2v) is 6.28. The first kappa shape index (κ1) is 17.2. The molecule has 0 aromatic heterocycles. The molecule has 0 spiro atoms. The predicted molar refractivity (Wildman–Crippen MR) is 94.5 cm³/mol. The molecule has 0 unspecified atom stereocenters. The maximum Gasteiger partial charge on any atom is 0.339 e. The number of ether oxygens (including phenoxy) is 1. The lowest BCUT2D eigenvalue weighted by atomic mass is 10.0. The van der Waals surface area contributed by atoms with Crippen LogP contribution in [0.5, 0.6) is 0 Å². The van der Waals surface area contributed by atoms with Crippen LogP contribution in [0.3, 0.4) is 0 Å². The molecule has 23 heavy (non-hydrogen) atoms. The summed E-state index contributed by atoms with van der Waals surface area (Å²) in [7, 11) is 1.46. The van der Waals surface area contributed by atoms with Crippen molar-refractivity contribution in [1.82, 2.24) is 0 Å². The number of thioether (sulfide) groups is 1. The molecule has 0 saturated heterocycles. The van der Waals surface area contributed by atoms with E-state index in [0.717, 1.165) is 16.2 Å². The average Bonchev–Trinajstić information content (AvgIpc) is 2.52. The van der Waals surface area contributed by atoms with E-state index in [1.165, 1.54) is 24.5 Å². The number of aliphatic carboxylic acids is 1. The van der Waals surface area contributed by atoms with Gasteiger partial charge in [0.2, 0.25) is 0 Å². The van der Waals surface area contributed by atoms with Gasteiger partial charge in [0.25, 0.3) is 0 Å². The van der Waals surface area contributed by atoms with Gasteiger partial charge in [0.1, 0.15) is 5.57 Å². The maximum atomic E-state index is 11.5. The summed E-state index contributed by atoms with van der Waals surface area (Å²) in [6, 6.07) is 14.1. The first-order valence-electron chi connectivity index (χ1n) is 7.27. The number of aryl methyl sites for hydroxylation is 2. The van der Waals surface area contributed by atoms with E-state index in [-0.39, 0.29) is 5.57 Å². The third-order valence-electron chi connectivity index (χ3n) is 3.47. The van der Waals surface area contributed by atoms with Gasteiger partial charge >= 0.3 is 5.97 Å². The Morgan fingerprint density at radius 1 is 1.17 bits per heavy atom. The van der Waals surface area contributed by atoms with Crippen molar-refractivity contribution < 1.29 is 14.6 Å². The van der Waals surface area contributed by atoms with Gasteiger partial charge in [0.05, 0.1) is 13.4 Å². The lowest BCUT2D eigenvalue weighted by molar-refractivity contribution is -0.130. The standard InChI is InChI=1S/C19H20O3S/c1-13-7-9-15(10-8-13)12-23-18-14(2)5-4-6-16(18)17(11-22-3)19(20)21/h4-11H,12H2,1-3H3,(H,20,21)/b17-11+. The molecule has 2 rings (SSSR count). The number of methoxy groups -OCH3 is 1. The number of carboxylic acid groups (broad SMARTS) is 1. The van der Waals surface area contributed by atoms with Crippen molar-refractivity contribution in [3.8, 4) is 0 Å². The Balaban J connectivity index is 2.32. The molecule has 0 fully saturated rings. The summed E-state index contributed by atoms with van der Waals surface area (Å²) in [5.74, 6) is -0.201. The molecule has 0 aliphatic heterocycles. The minimum atomic E-state index is -0.991. The van der Waals surface area contributed by atoms with Crippen molar-refractivity contribution in [3.05, 3.63) is 71.0 Å². The van der Waals surface area contributed by atoms with Crippen LogP contribution in [-0.4, -0.2) is 18.2 Å². The van der Waals surface area contributed by atoms with Crippen molar-refractivity contribution in [1.29, 1.82) is 0 Å². The van der Waals surface area contributed by atoms with E-state index in [4.69, 9.17) is 4.74 Å². The van der Waals surface area contributed by atoms with E-state index in [2.05, 4.69) is 31.2 Å². The summed E-state index contributed by atoms with van der Waals surface area (Å²) in [5.41, 5.74) is 4.36. The Bertz CT molecular complexity index is 718. The molecular weight excluding hydrogens is 308 g/mol. The average molecular weight is 328 g/mol. The first-order chi connectivity index (χ1) is 11.0. The number of carbonyl (C=O) groups is 1. The number of hydrogen-bond donors (Lipinski definition) is 1. The molecular formula is C19H20O3S. The van der Waals surface area contributed by atoms with Gasteiger partial charge in [-0.3, -0.25) is 0 Å². The molecule has 0 aliphatic carbocycles. The molecule has 120 valence electrons. The van der Waals surface area contributed by atoms with Crippen molar-refractivity contribution in [2.45, 2.75) is 24.5 Å². The molecule has 2 aromatic rings. The van der Waals surface area contributed by atoms with E-state index < -0.39 is 5.97 Å². The lowest BCUT2D eigenvalue weighted by Gasteiger charge is -2.13. The second-order valence-electron chi connectivity index (χ2n) is 5.30. The molecule has 0 aliphatic rings. The summed E-state index contributed by atoms with van der Waals surface area (Å²) >= 11 is 1.64. The van der Waals surface area contributed by atoms with Gasteiger partial charge in [-0.2, -0.15) is 0 Å². The van der Waals surface area contributed by atoms with Crippen LogP contribution < -0.4 is 0 Å². The van der Waals surface area contributed by atoms with Crippen LogP contribution in [-0.2, 0) is 15.3 Å². The van der Waals surface area contributed by atoms with Gasteiger partial charge in [-0.25, -0.2) is 4.79 Å². The summed E-state index contributed by atoms with van der Waals surface area (Å²) < 4.78 is 4.94. The molecule has 0 atom stereocenters. The van der Waals surface area contributed by atoms with Crippen LogP contribution in [0.2, 0.25) is 0 Å². The van der Waals surface area contributed by atoms with Crippen LogP contribution in [0.25, 0.3) is 5.57 Å². The van der Waals surface area contributed by atoms with Gasteiger partial charge in [-0.1, -0.05) is 48.0 Å². The molecule has 0 amide bonds. The SMILES string of the molecule is CO/C=C(/C(=O)O)c1cccc(C)c1SCc1ccc(C)cc1. The summed E-state index contributed by atoms with van der Waals surface area (Å²) in [6.45, 7) is 4.05. The Morgan fingerprint density at radius 3 is 2.48 bits per heavy atom. The van der Waals surface area contributed by atoms with Crippen LogP contribution >= 0.6 is 11.8 Å². The maximum absolute atomic E-state index is 11.5. The lowest BCUT2D eigenvalue weighted by Crippen LogP contribution is -2.03. The zero-order chi connectivity index (χ0) is 16.8. The zero-order valence-corrected chi connectivity index (χ0v) is 14.3. The summed E-state index contributed by atoms with van der Waals surface area (Å²) in [6.07, 6.45) is 1.28. The Hall–Kier alpha value is -2.20. The zero-order valence-electron chi connectivity index (χ0n) is 13.5. The first-order valence-corrected chi connectivity index (χ1v) is 8.26. The topological polar surface area (TPSA) is 46.5 Å². The molecule has 0 radical (unpaired) electrons. The number of rotatable bonds is 6. The van der Waals surface area contributed by atoms with Gasteiger partial charge in [0, 0.05) is 16.2 Å². The molecule has 2 aromatic carbocycles. The largest absolute Gasteiger partial charge is 0.503 e. The van der Waals surface area contributed by atoms with Gasteiger partial charge in [-0.15, -0.1) is 11.8 Å². The van der Waals surface area contributed by atoms with Crippen LogP contribution in [0.1, 0.15) is 22.3 Å². The Kier molecular flexibility index (Phi) is 5.88. The van der Waals surface area contributed by atoms with E-state index in [1.54, 1.807) is 11.8 Å². The highest BCUT2D eigenvalue weighted by molar-refractivity contribution is 7.98. The fourth-order valence-electron chi connectivity index (χ4n) is 2.24. The monoisotopic (exact) mass is 328 g/mol. The highest BCUT2D eigenvalue weighted by atomic mass is 32.2. The molecule has 0 bridgehead atoms. The highest BCUT2D eigenvalue weighted by Crippen LogP contribution is 2.33. The van der Waals surface area contributed by atoms with E-state index in [1.807, 2.05) is 25.1 Å². The van der Waals surface area contributed by atoms with Crippen molar-refractivity contribution in [2.75, 3.05) is 7.11 Å². The number of carboxylic acids is 1. The molecule has 0 saturated carbocycles. The molecule has 3 nitrogen and oxygen atoms in total. The highest BCUT2D eigenvalue weighted by Gasteiger charge is 2.17. The van der Waals surface area contributed by atoms with Crippen LogP contribution in [0.4, 0.5) is 0 Å². The summed E-state index contributed by atoms with van der Waals surface area (Å²) in [4.78, 5) is 12.5. The third kappa shape index (κ3) is 4.39. The van der Waals surface area contributed by atoms with Crippen LogP contribution in [0, 0.1) is 13.8 Å². The molecule has 1 N–H and O–H groups in total. The molecule has 0 heterocycles. The predicted octanol–water partition coefficient (Wildman–Crippen LogP) is 4.67. The number of benzene rings is 2. The minimum absolute atomic E-state index is 0.169. The minimum Gasteiger partial charge on any atom is -0.503 e. The van der Waals surface area contributed by atoms with Crippen molar-refractivity contribution in [2.24, 2.45) is 0 Å². The Labute approximate surface area is 141 Å². The van der Waals surface area contributed by atoms with E-state index >= 15 is 0 Å².